The number of amides is 6. The van der Waals surface area contributed by atoms with Crippen LogP contribution in [0.3, 0.4) is 0 Å². The predicted molar refractivity (Wildman–Crippen MR) is 534 cm³/mol. The maximum atomic E-state index is 11.9. The first kappa shape index (κ1) is 118. The lowest BCUT2D eigenvalue weighted by atomic mass is 10.0. The molecule has 6 amide bonds. The van der Waals surface area contributed by atoms with Crippen molar-refractivity contribution in [3.63, 3.8) is 0 Å². The molecule has 6 aromatic rings. The lowest BCUT2D eigenvalue weighted by Crippen LogP contribution is -3.00. The van der Waals surface area contributed by atoms with Gasteiger partial charge in [0.2, 0.25) is 0 Å². The van der Waals surface area contributed by atoms with Gasteiger partial charge in [-0.3, -0.25) is 14.9 Å². The zero-order valence-electron chi connectivity index (χ0n) is 85.3. The summed E-state index contributed by atoms with van der Waals surface area (Å²) in [4.78, 5) is 90.6. The molecule has 9 aliphatic heterocycles. The van der Waals surface area contributed by atoms with Crippen molar-refractivity contribution in [3.05, 3.63) is 199 Å². The van der Waals surface area contributed by atoms with Gasteiger partial charge in [-0.15, -0.1) is 24.0 Å². The number of likely N-dealkylation sites (tertiary alicyclic amines) is 6. The summed E-state index contributed by atoms with van der Waals surface area (Å²) in [7, 11) is 0. The minimum atomic E-state index is -0.447. The number of nitrogens with one attached hydrogen (secondary N) is 2. The number of carbonyl (C=O) groups excluding carboxylic acids is 6. The van der Waals surface area contributed by atoms with E-state index in [-0.39, 0.29) is 79.7 Å². The monoisotopic (exact) mass is 2000 g/mol. The quantitative estimate of drug-likeness (QED) is 0.0342. The van der Waals surface area contributed by atoms with E-state index in [0.29, 0.717) is 107 Å². The number of aliphatic hydroxyl groups excluding tert-OH is 1. The topological polar surface area (TPSA) is 301 Å². The Bertz CT molecular complexity index is 4450. The molecule has 0 spiro atoms. The van der Waals surface area contributed by atoms with Crippen molar-refractivity contribution >= 4 is 60.6 Å². The number of aliphatic hydroxyl groups is 1. The summed E-state index contributed by atoms with van der Waals surface area (Å²) >= 11 is 5.53. The van der Waals surface area contributed by atoms with Crippen LogP contribution >= 0.6 is 24.0 Å². The summed E-state index contributed by atoms with van der Waals surface area (Å²) in [6.45, 7) is 53.9. The molecule has 0 atom stereocenters. The summed E-state index contributed by atoms with van der Waals surface area (Å²) in [5, 5.41) is 15.4. The molecule has 34 heteroatoms. The summed E-state index contributed by atoms with van der Waals surface area (Å²) in [6.07, 6.45) is 17.2. The van der Waals surface area contributed by atoms with E-state index in [2.05, 4.69) is 78.6 Å². The Morgan fingerprint density at radius 3 is 0.986 bits per heavy atom. The van der Waals surface area contributed by atoms with Crippen LogP contribution in [0, 0.1) is 41.3 Å². The molecule has 30 nitrogen and oxygen atoms in total. The number of alkyl halides is 1. The van der Waals surface area contributed by atoms with E-state index in [1.807, 2.05) is 210 Å². The van der Waals surface area contributed by atoms with E-state index in [4.69, 9.17) is 68.8 Å². The molecule has 15 rings (SSSR count). The normalized spacial score (nSPS) is 17.2. The Hall–Kier alpha value is -9.57. The van der Waals surface area contributed by atoms with Crippen molar-refractivity contribution in [3.8, 4) is 11.5 Å². The van der Waals surface area contributed by atoms with Crippen molar-refractivity contribution in [2.75, 3.05) is 157 Å². The Labute approximate surface area is 842 Å². The van der Waals surface area contributed by atoms with Gasteiger partial charge in [0.05, 0.1) is 51.0 Å². The summed E-state index contributed by atoms with van der Waals surface area (Å²) in [5.74, 6) is 5.46. The van der Waals surface area contributed by atoms with Crippen LogP contribution in [0.5, 0.6) is 11.5 Å². The first-order chi connectivity index (χ1) is 64.8. The molecule has 0 radical (unpaired) electrons. The van der Waals surface area contributed by atoms with Gasteiger partial charge in [0.25, 0.3) is 0 Å². The Morgan fingerprint density at radius 1 is 0.403 bits per heavy atom. The third kappa shape index (κ3) is 48.6. The van der Waals surface area contributed by atoms with Crippen LogP contribution < -0.4 is 37.1 Å². The lowest BCUT2D eigenvalue weighted by molar-refractivity contribution is -0.688. The Balaban J connectivity index is 0.000000250. The molecule has 0 unspecified atom stereocenters. The average Bonchev–Trinajstić information content (AvgIpc) is 0.851. The first-order valence-electron chi connectivity index (χ1n) is 48.4. The number of hydrogen-bond acceptors (Lipinski definition) is 23. The molecule has 3 aromatic heterocycles. The van der Waals surface area contributed by atoms with Crippen molar-refractivity contribution in [1.29, 1.82) is 0 Å². The molecule has 12 heterocycles. The molecule has 3 N–H and O–H groups in total. The smallest absolute Gasteiger partial charge is 0.410 e. The molecule has 774 valence electrons. The summed E-state index contributed by atoms with van der Waals surface area (Å²) < 4.78 is 75.0. The molecule has 3 aromatic carbocycles. The molecule has 0 bridgehead atoms. The van der Waals surface area contributed by atoms with E-state index < -0.39 is 33.6 Å². The highest BCUT2D eigenvalue weighted by molar-refractivity contribution is 6.17. The van der Waals surface area contributed by atoms with Gasteiger partial charge >= 0.3 is 36.6 Å². The highest BCUT2D eigenvalue weighted by Gasteiger charge is 2.40. The van der Waals surface area contributed by atoms with Crippen LogP contribution in [0.2, 0.25) is 0 Å². The maximum absolute atomic E-state index is 11.9. The van der Waals surface area contributed by atoms with Gasteiger partial charge < -0.3 is 110 Å². The Kier molecular flexibility index (Phi) is 49.9. The second-order valence-corrected chi connectivity index (χ2v) is 42.3. The van der Waals surface area contributed by atoms with Crippen LogP contribution in [-0.2, 0) is 61.6 Å². The van der Waals surface area contributed by atoms with Crippen molar-refractivity contribution in [2.24, 2.45) is 35.5 Å². The molecular formula is C105H158Cl3FN12O18. The van der Waals surface area contributed by atoms with Crippen molar-refractivity contribution < 1.29 is 107 Å². The van der Waals surface area contributed by atoms with Gasteiger partial charge in [0, 0.05) is 195 Å². The minimum absolute atomic E-state index is 0. The molecule has 139 heavy (non-hydrogen) atoms. The van der Waals surface area contributed by atoms with E-state index >= 15 is 0 Å². The Morgan fingerprint density at radius 2 is 0.698 bits per heavy atom. The fraction of sp³-hybridized carbons (Fsp3) is 0.610. The molecule has 8 saturated heterocycles. The van der Waals surface area contributed by atoms with Crippen LogP contribution in [0.15, 0.2) is 176 Å². The predicted octanol–water partition coefficient (Wildman–Crippen LogP) is 14.4. The molecule has 0 aliphatic carbocycles. The minimum Gasteiger partial charge on any atom is -1.00 e. The number of benzene rings is 3. The van der Waals surface area contributed by atoms with Crippen LogP contribution in [0.25, 0.3) is 0 Å². The van der Waals surface area contributed by atoms with E-state index in [1.54, 1.807) is 41.8 Å². The zero-order valence-corrected chi connectivity index (χ0v) is 87.6. The number of pyridine rings is 3. The molecule has 8 fully saturated rings. The summed E-state index contributed by atoms with van der Waals surface area (Å²) in [5.41, 5.74) is 1.23. The first-order valence-corrected chi connectivity index (χ1v) is 48.9. The highest BCUT2D eigenvalue weighted by atomic mass is 35.5. The van der Waals surface area contributed by atoms with Gasteiger partial charge in [-0.2, -0.15) is 0 Å². The van der Waals surface area contributed by atoms with Gasteiger partial charge in [-0.05, 0) is 218 Å². The van der Waals surface area contributed by atoms with E-state index in [9.17, 15) is 33.2 Å². The van der Waals surface area contributed by atoms with Gasteiger partial charge in [0.15, 0.2) is 18.9 Å². The van der Waals surface area contributed by atoms with Gasteiger partial charge in [-0.25, -0.2) is 37.7 Å². The second kappa shape index (κ2) is 58.7. The van der Waals surface area contributed by atoms with Crippen LogP contribution in [0.4, 0.5) is 33.2 Å². The fourth-order valence-electron chi connectivity index (χ4n) is 14.6. The van der Waals surface area contributed by atoms with E-state index in [1.165, 1.54) is 41.2 Å². The summed E-state index contributed by atoms with van der Waals surface area (Å²) in [6, 6.07) is 41.1. The van der Waals surface area contributed by atoms with Gasteiger partial charge in [-0.1, -0.05) is 91.0 Å². The average molecular weight is 2000 g/mol. The number of rotatable bonds is 21. The second-order valence-electron chi connectivity index (χ2n) is 42.0. The van der Waals surface area contributed by atoms with Crippen molar-refractivity contribution in [1.82, 2.24) is 54.9 Å². The zero-order chi connectivity index (χ0) is 99.8. The number of aromatic nitrogens is 3. The fourth-order valence-corrected chi connectivity index (χ4v) is 14.8. The standard InChI is InChI=1S/C21H30N2O3.C21H27N2O3.2C14H26N2O3.C14H20N2O3.C9H17NO3.C7H7Cl.C5H4FN.2ClH/c2*1-21(2,3)26-20(24)23-14-18(15-23)16-25-19-9-11-22(12-10-19)13-17-7-5-4-6-8-17;3*1-14(2,3)19-13(17)16-8-11(9-16)10-18-12-4-6-15-7-5-12;1-9(2,3)13-8(12)10-4-7(5-10)6-11;8-6-7-4-2-1-3-5-7;6-5-1-3-7-4-2-5;;/h4-9,18H,10-16H2,1-3H3;4-12,18H,13-16H2,1-3H3;2*11-12,15H,4-10H2,1-3H3;4-7,11H,8-10H2,1-3H3;7,11H,4-6H2,1-3H3;1-5H,6H2;1-4H;2*1H/q;+1;;;;;;;;/p-1. The number of halogens is 4. The van der Waals surface area contributed by atoms with Crippen LogP contribution in [0.1, 0.15) is 173 Å². The highest BCUT2D eigenvalue weighted by Crippen LogP contribution is 2.29. The number of nitrogens with zero attached hydrogens (tertiary/aromatic N) is 10. The number of piperidine rings is 2. The number of ether oxygens (including phenoxy) is 11. The molecular weight excluding hydrogens is 1840 g/mol. The third-order valence-corrected chi connectivity index (χ3v) is 22.3. The SMILES string of the molecule is CC(C)(C)OC(=O)N1CC(CO)C1.CC(C)(C)OC(=O)N1CC(COC2=CCN(Cc3ccccc3)CC2)C1.CC(C)(C)OC(=O)N1CC(COC2CCNCC2)C1.CC(C)(C)OC(=O)N1CC(COC2CCNCC2)C1.CC(C)(C)OC(=O)N1CC(COc2cc[n+](Cc3ccccc3)cc2)C1.CC(C)(C)OC(=O)N1CC(COc2ccncc2)C1.Cl.ClCc1ccccc1.Fc1ccncc1.[Cl-]. The number of carbonyl (C=O) groups is 6. The lowest BCUT2D eigenvalue weighted by Gasteiger charge is -2.40. The largest absolute Gasteiger partial charge is 1.00 e. The number of hydrogen-bond donors (Lipinski definition) is 3. The van der Waals surface area contributed by atoms with E-state index in [0.717, 1.165) is 154 Å². The molecule has 9 aliphatic rings. The van der Waals surface area contributed by atoms with Gasteiger partial charge in [0.1, 0.15) is 50.9 Å². The molecule has 0 saturated carbocycles. The van der Waals surface area contributed by atoms with Crippen molar-refractivity contribution in [2.45, 2.75) is 222 Å². The third-order valence-electron chi connectivity index (χ3n) is 22.0. The maximum Gasteiger partial charge on any atom is 0.410 e. The van der Waals surface area contributed by atoms with Crippen LogP contribution in [-0.4, -0.2) is 289 Å².